The third kappa shape index (κ3) is 8.28. The summed E-state index contributed by atoms with van der Waals surface area (Å²) in [5.74, 6) is -0.695. The van der Waals surface area contributed by atoms with Crippen LogP contribution in [0.2, 0.25) is 0 Å². The molecule has 0 radical (unpaired) electrons. The van der Waals surface area contributed by atoms with Gasteiger partial charge in [-0.05, 0) is 61.4 Å². The number of aromatic nitrogens is 3. The van der Waals surface area contributed by atoms with E-state index in [0.717, 1.165) is 37.7 Å². The van der Waals surface area contributed by atoms with Crippen molar-refractivity contribution in [2.75, 3.05) is 13.1 Å². The van der Waals surface area contributed by atoms with Crippen LogP contribution >= 0.6 is 0 Å². The number of benzene rings is 3. The first kappa shape index (κ1) is 35.7. The number of nitrogens with zero attached hydrogens (tertiary/aromatic N) is 4. The molecule has 3 heterocycles. The largest absolute Gasteiger partial charge is 0.341 e. The fourth-order valence-corrected chi connectivity index (χ4v) is 7.79. The highest BCUT2D eigenvalue weighted by molar-refractivity contribution is 7.90. The summed E-state index contributed by atoms with van der Waals surface area (Å²) in [7, 11) is -4.27. The van der Waals surface area contributed by atoms with Crippen LogP contribution in [0.5, 0.6) is 0 Å². The second kappa shape index (κ2) is 15.8. The Morgan fingerprint density at radius 3 is 2.41 bits per heavy atom. The van der Waals surface area contributed by atoms with Crippen LogP contribution in [-0.2, 0) is 45.5 Å². The summed E-state index contributed by atoms with van der Waals surface area (Å²) in [6, 6.07) is 21.6. The molecule has 6 rings (SSSR count). The molecule has 10 nitrogen and oxygen atoms in total. The van der Waals surface area contributed by atoms with Crippen LogP contribution in [0.15, 0.2) is 94.7 Å². The molecule has 2 aromatic heterocycles. The van der Waals surface area contributed by atoms with E-state index in [1.165, 1.54) is 16.7 Å². The zero-order chi connectivity index (χ0) is 36.0. The lowest BCUT2D eigenvalue weighted by Crippen LogP contribution is -2.39. The van der Waals surface area contributed by atoms with Gasteiger partial charge in [0.1, 0.15) is 23.7 Å². The number of pyridine rings is 1. The van der Waals surface area contributed by atoms with Crippen LogP contribution < -0.4 is 10.3 Å². The van der Waals surface area contributed by atoms with Gasteiger partial charge in [-0.25, -0.2) is 22.5 Å². The molecule has 5 aromatic rings. The summed E-state index contributed by atoms with van der Waals surface area (Å²) in [6.07, 6.45) is 7.25. The smallest absolute Gasteiger partial charge is 0.277 e. The van der Waals surface area contributed by atoms with Crippen molar-refractivity contribution in [1.29, 1.82) is 0 Å². The highest BCUT2D eigenvalue weighted by Gasteiger charge is 2.24. The molecular weight excluding hydrogens is 670 g/mol. The van der Waals surface area contributed by atoms with E-state index in [1.807, 2.05) is 30.3 Å². The molecule has 3 aromatic carbocycles. The van der Waals surface area contributed by atoms with Gasteiger partial charge in [-0.3, -0.25) is 14.4 Å². The Labute approximate surface area is 297 Å². The SMILES string of the molecule is CCCCc1nc2ccn(CC(=O)N3CCCCC3)c(=O)c2n1Cc1ccc(-c2ccccc2S(=O)(=O)NC(=O)CCc2ccccc2)cc1F. The number of unbranched alkanes of at least 4 members (excludes halogenated alkanes) is 1. The van der Waals surface area contributed by atoms with Crippen molar-refractivity contribution in [3.63, 3.8) is 0 Å². The fraction of sp³-hybridized carbons (Fsp3) is 0.333. The van der Waals surface area contributed by atoms with Crippen molar-refractivity contribution in [3.05, 3.63) is 118 Å². The molecule has 0 bridgehead atoms. The summed E-state index contributed by atoms with van der Waals surface area (Å²) < 4.78 is 48.0. The minimum atomic E-state index is -4.27. The predicted molar refractivity (Wildman–Crippen MR) is 194 cm³/mol. The molecule has 51 heavy (non-hydrogen) atoms. The van der Waals surface area contributed by atoms with E-state index in [0.29, 0.717) is 48.4 Å². The molecule has 12 heteroatoms. The Kier molecular flexibility index (Phi) is 11.1. The van der Waals surface area contributed by atoms with Gasteiger partial charge in [0.25, 0.3) is 15.6 Å². The maximum atomic E-state index is 16.0. The molecule has 0 spiro atoms. The van der Waals surface area contributed by atoms with Crippen molar-refractivity contribution in [3.8, 4) is 11.1 Å². The molecule has 0 saturated carbocycles. The van der Waals surface area contributed by atoms with Gasteiger partial charge in [-0.2, -0.15) is 0 Å². The number of imidazole rings is 1. The molecule has 1 aliphatic rings. The summed E-state index contributed by atoms with van der Waals surface area (Å²) >= 11 is 0. The summed E-state index contributed by atoms with van der Waals surface area (Å²) in [6.45, 7) is 3.36. The maximum Gasteiger partial charge on any atom is 0.277 e. The van der Waals surface area contributed by atoms with Gasteiger partial charge < -0.3 is 14.0 Å². The number of halogens is 1. The highest BCUT2D eigenvalue weighted by atomic mass is 32.2. The Morgan fingerprint density at radius 1 is 0.922 bits per heavy atom. The van der Waals surface area contributed by atoms with E-state index in [9.17, 15) is 22.8 Å². The first-order valence-electron chi connectivity index (χ1n) is 17.5. The quantitative estimate of drug-likeness (QED) is 0.164. The number of nitrogens with one attached hydrogen (secondary N) is 1. The third-order valence-electron chi connectivity index (χ3n) is 9.32. The molecule has 0 atom stereocenters. The number of amides is 2. The number of rotatable bonds is 13. The van der Waals surface area contributed by atoms with Crippen LogP contribution in [0.3, 0.4) is 0 Å². The van der Waals surface area contributed by atoms with Crippen LogP contribution in [0.1, 0.15) is 62.4 Å². The molecular formula is C39H42FN5O5S. The van der Waals surface area contributed by atoms with Gasteiger partial charge in [-0.1, -0.05) is 74.0 Å². The second-order valence-corrected chi connectivity index (χ2v) is 14.6. The number of hydrogen-bond donors (Lipinski definition) is 1. The lowest BCUT2D eigenvalue weighted by Gasteiger charge is -2.26. The number of fused-ring (bicyclic) bond motifs is 1. The minimum absolute atomic E-state index is 0.0123. The number of likely N-dealkylation sites (tertiary alicyclic amines) is 1. The normalized spacial score (nSPS) is 13.4. The predicted octanol–water partition coefficient (Wildman–Crippen LogP) is 5.85. The molecule has 1 N–H and O–H groups in total. The topological polar surface area (TPSA) is 123 Å². The Morgan fingerprint density at radius 2 is 1.67 bits per heavy atom. The maximum absolute atomic E-state index is 16.0. The third-order valence-corrected chi connectivity index (χ3v) is 10.8. The van der Waals surface area contributed by atoms with Gasteiger partial charge in [0.05, 0.1) is 17.0 Å². The van der Waals surface area contributed by atoms with Crippen LogP contribution in [0, 0.1) is 5.82 Å². The summed E-state index contributed by atoms with van der Waals surface area (Å²) in [5.41, 5.74) is 2.17. The number of piperidine rings is 1. The summed E-state index contributed by atoms with van der Waals surface area (Å²) in [4.78, 5) is 45.9. The van der Waals surface area contributed by atoms with Crippen molar-refractivity contribution < 1.29 is 22.4 Å². The first-order valence-corrected chi connectivity index (χ1v) is 19.0. The Balaban J connectivity index is 1.26. The van der Waals surface area contributed by atoms with Crippen molar-refractivity contribution in [2.24, 2.45) is 0 Å². The van der Waals surface area contributed by atoms with E-state index >= 15 is 4.39 Å². The lowest BCUT2D eigenvalue weighted by atomic mass is 10.0. The van der Waals surface area contributed by atoms with Crippen molar-refractivity contribution in [2.45, 2.75) is 76.3 Å². The van der Waals surface area contributed by atoms with Crippen LogP contribution in [-0.4, -0.2) is 52.3 Å². The summed E-state index contributed by atoms with van der Waals surface area (Å²) in [5, 5.41) is 0. The fourth-order valence-electron chi connectivity index (χ4n) is 6.55. The number of carbonyl (C=O) groups is 2. The average Bonchev–Trinajstić information content (AvgIpc) is 3.49. The van der Waals surface area contributed by atoms with E-state index in [4.69, 9.17) is 4.98 Å². The number of sulfonamides is 1. The van der Waals surface area contributed by atoms with Gasteiger partial charge in [0.15, 0.2) is 0 Å². The van der Waals surface area contributed by atoms with Crippen molar-refractivity contribution >= 4 is 32.9 Å². The van der Waals surface area contributed by atoms with E-state index in [1.54, 1.807) is 52.1 Å². The average molecular weight is 712 g/mol. The molecule has 1 fully saturated rings. The number of carbonyl (C=O) groups excluding carboxylic acids is 2. The van der Waals surface area contributed by atoms with E-state index in [-0.39, 0.29) is 47.0 Å². The minimum Gasteiger partial charge on any atom is -0.341 e. The van der Waals surface area contributed by atoms with Gasteiger partial charge in [-0.15, -0.1) is 0 Å². The van der Waals surface area contributed by atoms with E-state index in [2.05, 4.69) is 11.6 Å². The standard InChI is InChI=1S/C39H42FN5O5S/c1-2-3-16-35-41-33-21-24-44(27-37(47)43-22-10-5-11-23-43)39(48)38(33)45(35)26-30-19-18-29(25-32(30)40)31-14-8-9-15-34(31)51(49,50)42-36(46)20-17-28-12-6-4-7-13-28/h4,6-9,12-15,18-19,21,24-25H,2-3,5,10-11,16-17,20,22-23,26-27H2,1H3,(H,42,46). The Bertz CT molecular complexity index is 2210. The van der Waals surface area contributed by atoms with E-state index < -0.39 is 21.7 Å². The zero-order valence-electron chi connectivity index (χ0n) is 28.7. The highest BCUT2D eigenvalue weighted by Crippen LogP contribution is 2.29. The molecule has 0 unspecified atom stereocenters. The van der Waals surface area contributed by atoms with Crippen LogP contribution in [0.4, 0.5) is 4.39 Å². The molecule has 0 aliphatic carbocycles. The zero-order valence-corrected chi connectivity index (χ0v) is 29.5. The van der Waals surface area contributed by atoms with Gasteiger partial charge >= 0.3 is 0 Å². The molecule has 1 aliphatic heterocycles. The number of hydrogen-bond acceptors (Lipinski definition) is 6. The molecule has 1 saturated heterocycles. The molecule has 2 amide bonds. The molecule has 266 valence electrons. The Hall–Kier alpha value is -5.10. The lowest BCUT2D eigenvalue weighted by molar-refractivity contribution is -0.132. The van der Waals surface area contributed by atoms with Crippen molar-refractivity contribution in [1.82, 2.24) is 23.7 Å². The van der Waals surface area contributed by atoms with Gasteiger partial charge in [0, 0.05) is 43.3 Å². The monoisotopic (exact) mass is 711 g/mol. The first-order chi connectivity index (χ1) is 24.6. The number of aryl methyl sites for hydroxylation is 2. The second-order valence-electron chi connectivity index (χ2n) is 13.0. The van der Waals surface area contributed by atoms with Crippen LogP contribution in [0.25, 0.3) is 22.2 Å². The van der Waals surface area contributed by atoms with Gasteiger partial charge in [0.2, 0.25) is 11.8 Å².